The highest BCUT2D eigenvalue weighted by Gasteiger charge is 2.27. The van der Waals surface area contributed by atoms with Gasteiger partial charge in [0, 0.05) is 124 Å². The maximum atomic E-state index is 11.5. The van der Waals surface area contributed by atoms with Crippen molar-refractivity contribution in [1.82, 2.24) is 68.4 Å². The van der Waals surface area contributed by atoms with Crippen LogP contribution in [0.4, 0.5) is 17.6 Å². The topological polar surface area (TPSA) is 238 Å². The van der Waals surface area contributed by atoms with Gasteiger partial charge >= 0.3 is 0 Å². The lowest BCUT2D eigenvalue weighted by Crippen LogP contribution is -2.42. The van der Waals surface area contributed by atoms with Crippen LogP contribution < -0.4 is 20.5 Å². The van der Waals surface area contributed by atoms with Gasteiger partial charge in [0.15, 0.2) is 17.1 Å². The van der Waals surface area contributed by atoms with Gasteiger partial charge in [-0.3, -0.25) is 28.9 Å². The lowest BCUT2D eigenvalue weighted by Gasteiger charge is -2.31. The van der Waals surface area contributed by atoms with Gasteiger partial charge in [-0.2, -0.15) is 20.2 Å². The summed E-state index contributed by atoms with van der Waals surface area (Å²) in [6.45, 7) is 22.9. The number of halogens is 1. The Hall–Kier alpha value is -7.37. The second-order valence-electron chi connectivity index (χ2n) is 22.3. The summed E-state index contributed by atoms with van der Waals surface area (Å²) in [5.41, 5.74) is 12.1. The molecule has 0 unspecified atom stereocenters. The van der Waals surface area contributed by atoms with Crippen LogP contribution in [0, 0.1) is 0 Å². The van der Waals surface area contributed by atoms with Crippen molar-refractivity contribution < 1.29 is 28.5 Å². The second kappa shape index (κ2) is 24.7. The van der Waals surface area contributed by atoms with E-state index in [9.17, 15) is 9.59 Å². The minimum atomic E-state index is -0.0924. The van der Waals surface area contributed by atoms with Gasteiger partial charge in [-0.25, -0.2) is 9.97 Å². The summed E-state index contributed by atoms with van der Waals surface area (Å²) < 4.78 is 31.3. The number of pyridine rings is 4. The lowest BCUT2D eigenvalue weighted by molar-refractivity contribution is -0.117. The SMILES string of the molecule is CC(=O)Cc1cc(Oc2cnc3nc(Cl)n(C)c3c2)ccn1.CC(=O)Cc1cc(Oc2cnc3nc(Nc4cc(C(C)(C)C)n(C[C@@H]5CN(C)CCO5)n4)n(C)c3c2)ccn1.CN1CCO[C@H](Cn2nc(N)cc2C(C)(C)C)C1. The van der Waals surface area contributed by atoms with Crippen molar-refractivity contribution in [3.8, 4) is 23.0 Å². The number of nitrogens with one attached hydrogen (secondary N) is 1. The third kappa shape index (κ3) is 15.5. The Morgan fingerprint density at radius 1 is 0.658 bits per heavy atom. The first-order chi connectivity index (χ1) is 37.4. The Balaban J connectivity index is 0.000000173. The second-order valence-corrected chi connectivity index (χ2v) is 22.6. The molecule has 8 aromatic heterocycles. The number of nitrogens with two attached hydrogens (primary N) is 1. The molecule has 2 aliphatic rings. The fourth-order valence-electron chi connectivity index (χ4n) is 9.17. The summed E-state index contributed by atoms with van der Waals surface area (Å²) in [6, 6.07) is 14.7. The van der Waals surface area contributed by atoms with E-state index in [-0.39, 0.29) is 47.4 Å². The molecule has 0 spiro atoms. The number of aryl methyl sites for hydroxylation is 2. The molecule has 0 bridgehead atoms. The van der Waals surface area contributed by atoms with Crippen LogP contribution in [0.15, 0.2) is 73.3 Å². The van der Waals surface area contributed by atoms with E-state index in [4.69, 9.17) is 41.4 Å². The summed E-state index contributed by atoms with van der Waals surface area (Å²) in [7, 11) is 7.97. The van der Waals surface area contributed by atoms with E-state index in [0.29, 0.717) is 75.1 Å². The first-order valence-electron chi connectivity index (χ1n) is 26.3. The largest absolute Gasteiger partial charge is 0.456 e. The Bertz CT molecular complexity index is 3410. The number of rotatable bonds is 14. The van der Waals surface area contributed by atoms with Crippen LogP contribution >= 0.6 is 11.6 Å². The van der Waals surface area contributed by atoms with Crippen molar-refractivity contribution >= 4 is 63.1 Å². The van der Waals surface area contributed by atoms with Crippen LogP contribution in [-0.4, -0.2) is 146 Å². The maximum Gasteiger partial charge on any atom is 0.210 e. The van der Waals surface area contributed by atoms with Gasteiger partial charge in [0.1, 0.15) is 40.4 Å². The molecule has 23 heteroatoms. The highest BCUT2D eigenvalue weighted by molar-refractivity contribution is 6.29. The number of Topliss-reactive ketones (excluding diaryl/α,β-unsaturated/α-hetero) is 2. The van der Waals surface area contributed by atoms with Crippen molar-refractivity contribution in [2.24, 2.45) is 14.1 Å². The van der Waals surface area contributed by atoms with Crippen molar-refractivity contribution in [3.05, 3.63) is 101 Å². The van der Waals surface area contributed by atoms with Crippen molar-refractivity contribution in [1.29, 1.82) is 0 Å². The number of carbonyl (C=O) groups is 2. The minimum absolute atomic E-state index is 0.0468. The first-order valence-corrected chi connectivity index (χ1v) is 26.7. The molecule has 2 aliphatic heterocycles. The average Bonchev–Trinajstić information content (AvgIpc) is 4.25. The zero-order chi connectivity index (χ0) is 56.8. The van der Waals surface area contributed by atoms with Gasteiger partial charge in [0.2, 0.25) is 11.2 Å². The Morgan fingerprint density at radius 2 is 1.14 bits per heavy atom. The van der Waals surface area contributed by atoms with E-state index in [1.165, 1.54) is 6.92 Å². The fraction of sp³-hybridized carbons (Fsp3) is 0.464. The number of ketones is 2. The number of carbonyl (C=O) groups excluding carboxylic acids is 2. The fourth-order valence-corrected chi connectivity index (χ4v) is 9.34. The summed E-state index contributed by atoms with van der Waals surface area (Å²) in [5.74, 6) is 4.35. The Labute approximate surface area is 465 Å². The number of ether oxygens (including phenoxy) is 4. The van der Waals surface area contributed by atoms with Crippen molar-refractivity contribution in [3.63, 3.8) is 0 Å². The van der Waals surface area contributed by atoms with E-state index in [2.05, 4.69) is 112 Å². The lowest BCUT2D eigenvalue weighted by atomic mass is 9.92. The smallest absolute Gasteiger partial charge is 0.210 e. The number of morpholine rings is 2. The zero-order valence-electron chi connectivity index (χ0n) is 47.3. The molecule has 0 aromatic carbocycles. The van der Waals surface area contributed by atoms with Crippen LogP contribution in [0.5, 0.6) is 23.0 Å². The Kier molecular flexibility index (Phi) is 18.1. The average molecular weight is 1100 g/mol. The molecule has 10 heterocycles. The van der Waals surface area contributed by atoms with Gasteiger partial charge in [-0.05, 0) is 51.7 Å². The number of hydrogen-bond acceptors (Lipinski definition) is 18. The predicted molar refractivity (Wildman–Crippen MR) is 303 cm³/mol. The molecule has 0 amide bonds. The molecule has 2 saturated heterocycles. The summed E-state index contributed by atoms with van der Waals surface area (Å²) >= 11 is 5.96. The third-order valence-corrected chi connectivity index (χ3v) is 13.4. The molecule has 8 aromatic rings. The first kappa shape index (κ1) is 57.8. The molecule has 2 fully saturated rings. The Morgan fingerprint density at radius 3 is 1.63 bits per heavy atom. The number of anilines is 3. The number of imidazole rings is 2. The summed E-state index contributed by atoms with van der Waals surface area (Å²) in [6.07, 6.45) is 7.30. The summed E-state index contributed by atoms with van der Waals surface area (Å²) in [4.78, 5) is 53.1. The van der Waals surface area contributed by atoms with Gasteiger partial charge in [-0.15, -0.1) is 0 Å². The van der Waals surface area contributed by atoms with E-state index in [1.54, 1.807) is 67.6 Å². The molecular weight excluding hydrogens is 1030 g/mol. The van der Waals surface area contributed by atoms with Crippen molar-refractivity contribution in [2.75, 3.05) is 64.5 Å². The highest BCUT2D eigenvalue weighted by Crippen LogP contribution is 2.31. The van der Waals surface area contributed by atoms with Crippen molar-refractivity contribution in [2.45, 2.75) is 104 Å². The number of hydrogen-bond donors (Lipinski definition) is 2. The van der Waals surface area contributed by atoms with E-state index in [0.717, 1.165) is 68.4 Å². The highest BCUT2D eigenvalue weighted by atomic mass is 35.5. The third-order valence-electron chi connectivity index (χ3n) is 13.1. The van der Waals surface area contributed by atoms with Crippen LogP contribution in [0.2, 0.25) is 5.28 Å². The number of nitrogens with zero attached hydrogens (tertiary/aromatic N) is 14. The van der Waals surface area contributed by atoms with Crippen LogP contribution in [-0.2, 0) is 69.9 Å². The predicted octanol–water partition coefficient (Wildman–Crippen LogP) is 7.89. The molecule has 22 nitrogen and oxygen atoms in total. The van der Waals surface area contributed by atoms with E-state index >= 15 is 0 Å². The van der Waals surface area contributed by atoms with Gasteiger partial charge in [0.05, 0.1) is 73.3 Å². The molecule has 3 N–H and O–H groups in total. The maximum absolute atomic E-state index is 11.5. The standard InChI is InChI=1S/C28H36N8O3.C15H13ClN4O2.C13H24N4O/c1-18(37)11-19-12-20(7-8-29-19)39-21-13-23-26(30-15-21)32-27(35(23)6)31-25-14-24(28(2,3)4)36(33-25)17-22-16-34(5)9-10-38-22;1-9(21)5-10-6-11(3-4-17-10)22-12-7-13-14(18-8-12)19-15(16)20(13)2;1-13(2,3)11-7-12(14)15-17(11)9-10-8-16(4)5-6-18-10/h7-8,12-15,22H,9-11,16-17H2,1-6H3,(H,30,31,32,33);3-4,6-8H,5H2,1-2H3;7,10H,5-6,8-9H2,1-4H3,(H2,14,15)/t22-;;10-/m0.0/s1. The number of nitrogen functional groups attached to an aromatic ring is 1. The molecule has 0 aliphatic carbocycles. The molecule has 420 valence electrons. The molecule has 79 heavy (non-hydrogen) atoms. The van der Waals surface area contributed by atoms with Gasteiger partial charge in [-0.1, -0.05) is 41.5 Å². The molecule has 0 radical (unpaired) electrons. The van der Waals surface area contributed by atoms with Crippen LogP contribution in [0.1, 0.15) is 78.2 Å². The number of likely N-dealkylation sites (N-methyl/N-ethyl adjacent to an activating group) is 2. The van der Waals surface area contributed by atoms with Crippen LogP contribution in [0.25, 0.3) is 22.3 Å². The monoisotopic (exact) mass is 1100 g/mol. The van der Waals surface area contributed by atoms with Gasteiger partial charge in [0.25, 0.3) is 0 Å². The number of aromatic nitrogens is 12. The number of fused-ring (bicyclic) bond motifs is 2. The quantitative estimate of drug-likeness (QED) is 0.105. The molecule has 2 atom stereocenters. The van der Waals surface area contributed by atoms with E-state index < -0.39 is 0 Å². The normalized spacial score (nSPS) is 16.3. The molecular formula is C56H73ClN16O6. The van der Waals surface area contributed by atoms with E-state index in [1.807, 2.05) is 39.2 Å². The van der Waals surface area contributed by atoms with Crippen LogP contribution in [0.3, 0.4) is 0 Å². The minimum Gasteiger partial charge on any atom is -0.456 e. The zero-order valence-corrected chi connectivity index (χ0v) is 48.1. The summed E-state index contributed by atoms with van der Waals surface area (Å²) in [5, 5.41) is 13.0. The van der Waals surface area contributed by atoms with Gasteiger partial charge < -0.3 is 48.9 Å². The molecule has 0 saturated carbocycles. The molecule has 10 rings (SSSR count).